The molecule has 0 saturated carbocycles. The van der Waals surface area contributed by atoms with Crippen LogP contribution in [0.25, 0.3) is 0 Å². The monoisotopic (exact) mass is 222 g/mol. The number of nitrogens with one attached hydrogen (secondary N) is 1. The molecule has 0 aliphatic carbocycles. The number of aromatic nitrogens is 2. The number of rotatable bonds is 1. The van der Waals surface area contributed by atoms with E-state index >= 15 is 0 Å². The molecule has 1 N–H and O–H groups in total. The maximum Gasteiger partial charge on any atom is 0.225 e. The summed E-state index contributed by atoms with van der Waals surface area (Å²) in [6.07, 6.45) is 4.93. The molecule has 1 aromatic heterocycles. The number of fused-ring (bicyclic) bond motifs is 1. The van der Waals surface area contributed by atoms with Crippen LogP contribution in [-0.2, 0) is 0 Å². The van der Waals surface area contributed by atoms with Gasteiger partial charge in [0.15, 0.2) is 5.82 Å². The van der Waals surface area contributed by atoms with Crippen LogP contribution in [0.1, 0.15) is 12.8 Å². The highest BCUT2D eigenvalue weighted by Gasteiger charge is 2.35. The number of hydrogen-bond acceptors (Lipinski definition) is 4. The zero-order valence-corrected chi connectivity index (χ0v) is 9.06. The number of hydrogen-bond donors (Lipinski definition) is 1. The highest BCUT2D eigenvalue weighted by Crippen LogP contribution is 2.28. The molecule has 2 aliphatic heterocycles. The summed E-state index contributed by atoms with van der Waals surface area (Å²) in [7, 11) is 0. The highest BCUT2D eigenvalue weighted by molar-refractivity contribution is 5.33. The van der Waals surface area contributed by atoms with Crippen LogP contribution in [0.15, 0.2) is 12.4 Å². The van der Waals surface area contributed by atoms with E-state index in [0.29, 0.717) is 17.9 Å². The summed E-state index contributed by atoms with van der Waals surface area (Å²) < 4.78 is 12.8. The van der Waals surface area contributed by atoms with E-state index in [1.807, 2.05) is 0 Å². The standard InChI is InChI=1S/C11H15FN4/c12-9-5-14-11(15-6-9)16-3-1-2-8-4-13-7-10(8)16/h5-6,8,10,13H,1-4,7H2. The molecule has 0 spiro atoms. The molecule has 2 saturated heterocycles. The largest absolute Gasteiger partial charge is 0.336 e. The van der Waals surface area contributed by atoms with Gasteiger partial charge in [0.1, 0.15) is 0 Å². The fraction of sp³-hybridized carbons (Fsp3) is 0.636. The van der Waals surface area contributed by atoms with E-state index in [1.54, 1.807) is 0 Å². The second kappa shape index (κ2) is 3.97. The van der Waals surface area contributed by atoms with Crippen LogP contribution in [0.2, 0.25) is 0 Å². The predicted molar refractivity (Wildman–Crippen MR) is 58.7 cm³/mol. The number of halogens is 1. The summed E-state index contributed by atoms with van der Waals surface area (Å²) in [6, 6.07) is 0.485. The van der Waals surface area contributed by atoms with E-state index in [0.717, 1.165) is 19.6 Å². The van der Waals surface area contributed by atoms with Crippen LogP contribution in [-0.4, -0.2) is 35.6 Å². The summed E-state index contributed by atoms with van der Waals surface area (Å²) in [5.41, 5.74) is 0. The van der Waals surface area contributed by atoms with E-state index in [9.17, 15) is 4.39 Å². The second-order valence-corrected chi connectivity index (χ2v) is 4.52. The van der Waals surface area contributed by atoms with E-state index in [-0.39, 0.29) is 5.82 Å². The van der Waals surface area contributed by atoms with Gasteiger partial charge in [0.05, 0.1) is 12.4 Å². The van der Waals surface area contributed by atoms with Crippen LogP contribution in [0.5, 0.6) is 0 Å². The molecule has 1 aromatic rings. The van der Waals surface area contributed by atoms with E-state index in [4.69, 9.17) is 0 Å². The summed E-state index contributed by atoms with van der Waals surface area (Å²) >= 11 is 0. The molecular formula is C11H15FN4. The Morgan fingerprint density at radius 3 is 2.94 bits per heavy atom. The minimum atomic E-state index is -0.373. The fourth-order valence-corrected chi connectivity index (χ4v) is 2.77. The van der Waals surface area contributed by atoms with Gasteiger partial charge in [-0.05, 0) is 18.8 Å². The van der Waals surface area contributed by atoms with Crippen molar-refractivity contribution in [3.8, 4) is 0 Å². The zero-order valence-electron chi connectivity index (χ0n) is 9.06. The second-order valence-electron chi connectivity index (χ2n) is 4.52. The Morgan fingerprint density at radius 1 is 1.31 bits per heavy atom. The van der Waals surface area contributed by atoms with Gasteiger partial charge in [-0.15, -0.1) is 0 Å². The van der Waals surface area contributed by atoms with Gasteiger partial charge < -0.3 is 10.2 Å². The van der Waals surface area contributed by atoms with Gasteiger partial charge in [-0.3, -0.25) is 0 Å². The first-order valence-electron chi connectivity index (χ1n) is 5.79. The quantitative estimate of drug-likeness (QED) is 0.763. The molecule has 5 heteroatoms. The third-order valence-corrected chi connectivity index (χ3v) is 3.54. The first-order valence-corrected chi connectivity index (χ1v) is 5.79. The lowest BCUT2D eigenvalue weighted by molar-refractivity contribution is 0.380. The molecule has 2 unspecified atom stereocenters. The van der Waals surface area contributed by atoms with Crippen LogP contribution in [0.4, 0.5) is 10.3 Å². The van der Waals surface area contributed by atoms with Gasteiger partial charge in [-0.1, -0.05) is 0 Å². The van der Waals surface area contributed by atoms with Crippen molar-refractivity contribution in [1.82, 2.24) is 15.3 Å². The van der Waals surface area contributed by atoms with Crippen molar-refractivity contribution in [2.24, 2.45) is 5.92 Å². The van der Waals surface area contributed by atoms with Gasteiger partial charge in [0.25, 0.3) is 0 Å². The van der Waals surface area contributed by atoms with Crippen molar-refractivity contribution in [1.29, 1.82) is 0 Å². The Labute approximate surface area is 93.9 Å². The third-order valence-electron chi connectivity index (χ3n) is 3.54. The lowest BCUT2D eigenvalue weighted by atomic mass is 9.92. The smallest absolute Gasteiger partial charge is 0.225 e. The highest BCUT2D eigenvalue weighted by atomic mass is 19.1. The molecular weight excluding hydrogens is 207 g/mol. The lowest BCUT2D eigenvalue weighted by Crippen LogP contribution is -2.46. The molecule has 86 valence electrons. The Kier molecular flexibility index (Phi) is 2.47. The van der Waals surface area contributed by atoms with E-state index in [2.05, 4.69) is 20.2 Å². The molecule has 3 heterocycles. The SMILES string of the molecule is Fc1cnc(N2CCCC3CNCC32)nc1. The average Bonchev–Trinajstić information content (AvgIpc) is 2.78. The maximum absolute atomic E-state index is 12.8. The molecule has 0 radical (unpaired) electrons. The fourth-order valence-electron chi connectivity index (χ4n) is 2.77. The Morgan fingerprint density at radius 2 is 2.12 bits per heavy atom. The Hall–Kier alpha value is -1.23. The van der Waals surface area contributed by atoms with Crippen molar-refractivity contribution < 1.29 is 4.39 Å². The predicted octanol–water partition coefficient (Wildman–Crippen LogP) is 0.804. The van der Waals surface area contributed by atoms with E-state index < -0.39 is 0 Å². The van der Waals surface area contributed by atoms with Crippen LogP contribution in [0, 0.1) is 11.7 Å². The zero-order chi connectivity index (χ0) is 11.0. The first-order chi connectivity index (χ1) is 7.84. The molecule has 2 fully saturated rings. The van der Waals surface area contributed by atoms with Crippen LogP contribution < -0.4 is 10.2 Å². The van der Waals surface area contributed by atoms with Gasteiger partial charge >= 0.3 is 0 Å². The van der Waals surface area contributed by atoms with Gasteiger partial charge in [-0.2, -0.15) is 0 Å². The topological polar surface area (TPSA) is 41.1 Å². The van der Waals surface area contributed by atoms with E-state index in [1.165, 1.54) is 25.2 Å². The summed E-state index contributed by atoms with van der Waals surface area (Å²) in [5, 5.41) is 3.40. The summed E-state index contributed by atoms with van der Waals surface area (Å²) in [5.74, 6) is 0.990. The number of anilines is 1. The van der Waals surface area contributed by atoms with Gasteiger partial charge in [0.2, 0.25) is 5.95 Å². The molecule has 0 bridgehead atoms. The van der Waals surface area contributed by atoms with Crippen molar-refractivity contribution in [2.75, 3.05) is 24.5 Å². The van der Waals surface area contributed by atoms with Crippen LogP contribution >= 0.6 is 0 Å². The third kappa shape index (κ3) is 1.65. The van der Waals surface area contributed by atoms with Crippen molar-refractivity contribution >= 4 is 5.95 Å². The number of nitrogens with zero attached hydrogens (tertiary/aromatic N) is 3. The maximum atomic E-state index is 12.8. The molecule has 0 amide bonds. The molecule has 2 atom stereocenters. The van der Waals surface area contributed by atoms with Crippen molar-refractivity contribution in [2.45, 2.75) is 18.9 Å². The number of piperidine rings is 1. The molecule has 3 rings (SSSR count). The average molecular weight is 222 g/mol. The van der Waals surface area contributed by atoms with Gasteiger partial charge in [0, 0.05) is 25.7 Å². The van der Waals surface area contributed by atoms with Crippen LogP contribution in [0.3, 0.4) is 0 Å². The Bertz CT molecular complexity index is 367. The lowest BCUT2D eigenvalue weighted by Gasteiger charge is -2.36. The summed E-state index contributed by atoms with van der Waals surface area (Å²) in [6.45, 7) is 3.06. The Balaban J connectivity index is 1.85. The van der Waals surface area contributed by atoms with Gasteiger partial charge in [-0.25, -0.2) is 14.4 Å². The van der Waals surface area contributed by atoms with Crippen molar-refractivity contribution in [3.63, 3.8) is 0 Å². The summed E-state index contributed by atoms with van der Waals surface area (Å²) in [4.78, 5) is 10.4. The minimum absolute atomic E-state index is 0.373. The molecule has 16 heavy (non-hydrogen) atoms. The molecule has 0 aromatic carbocycles. The molecule has 4 nitrogen and oxygen atoms in total. The molecule has 2 aliphatic rings. The normalized spacial score (nSPS) is 29.2. The van der Waals surface area contributed by atoms with Crippen molar-refractivity contribution in [3.05, 3.63) is 18.2 Å². The minimum Gasteiger partial charge on any atom is -0.336 e. The first kappa shape index (κ1) is 9.96.